The van der Waals surface area contributed by atoms with E-state index in [0.717, 1.165) is 0 Å². The fraction of sp³-hybridized carbons (Fsp3) is 0.500. The van der Waals surface area contributed by atoms with Crippen molar-refractivity contribution in [2.24, 2.45) is 0 Å². The number of aryl methyl sites for hydroxylation is 1. The zero-order valence-corrected chi connectivity index (χ0v) is 7.43. The Kier molecular flexibility index (Phi) is 1.99. The number of aliphatic carboxylic acids is 1. The summed E-state index contributed by atoms with van der Waals surface area (Å²) in [6, 6.07) is 0. The molecule has 82 valence electrons. The first kappa shape index (κ1) is 10.0. The van der Waals surface area contributed by atoms with Gasteiger partial charge in [-0.25, -0.2) is 0 Å². The number of hydrogen-bond donors (Lipinski definition) is 2. The van der Waals surface area contributed by atoms with Crippen LogP contribution >= 0.6 is 0 Å². The molecule has 4 nitrogen and oxygen atoms in total. The molecule has 1 aromatic rings. The molecule has 0 bridgehead atoms. The first-order valence-electron chi connectivity index (χ1n) is 4.28. The van der Waals surface area contributed by atoms with Crippen LogP contribution < -0.4 is 0 Å². The van der Waals surface area contributed by atoms with Crippen LogP contribution in [0.1, 0.15) is 29.3 Å². The number of hydrogen-bond acceptors (Lipinski definition) is 2. The molecule has 0 saturated heterocycles. The van der Waals surface area contributed by atoms with Gasteiger partial charge in [-0.2, -0.15) is 18.3 Å². The Labute approximate surface area is 82.1 Å². The molecule has 1 aliphatic rings. The highest BCUT2D eigenvalue weighted by atomic mass is 19.4. The van der Waals surface area contributed by atoms with Gasteiger partial charge in [0.05, 0.1) is 5.92 Å². The quantitative estimate of drug-likeness (QED) is 0.754. The lowest BCUT2D eigenvalue weighted by molar-refractivity contribution is -0.143. The smallest absolute Gasteiger partial charge is 0.435 e. The van der Waals surface area contributed by atoms with Gasteiger partial charge in [0.15, 0.2) is 5.69 Å². The summed E-state index contributed by atoms with van der Waals surface area (Å²) in [4.78, 5) is 10.7. The van der Waals surface area contributed by atoms with Gasteiger partial charge in [-0.15, -0.1) is 0 Å². The van der Waals surface area contributed by atoms with Gasteiger partial charge < -0.3 is 5.11 Å². The Bertz CT molecular complexity index is 411. The van der Waals surface area contributed by atoms with Gasteiger partial charge in [0, 0.05) is 11.3 Å². The molecule has 1 unspecified atom stereocenters. The maximum Gasteiger partial charge on any atom is 0.435 e. The molecule has 0 spiro atoms. The molecule has 2 N–H and O–H groups in total. The molecular formula is C8H7F3N2O2. The minimum absolute atomic E-state index is 0.197. The normalized spacial score (nSPS) is 20.3. The standard InChI is InChI=1S/C8H7F3N2O2/c9-8(10,11)6-5-3(7(14)15)1-2-4(5)12-13-6/h3H,1-2H2,(H,12,13)(H,14,15). The van der Waals surface area contributed by atoms with Crippen molar-refractivity contribution >= 4 is 5.97 Å². The predicted molar refractivity (Wildman–Crippen MR) is 42.3 cm³/mol. The van der Waals surface area contributed by atoms with Crippen molar-refractivity contribution in [2.45, 2.75) is 24.9 Å². The van der Waals surface area contributed by atoms with E-state index < -0.39 is 23.8 Å². The highest BCUT2D eigenvalue weighted by Gasteiger charge is 2.44. The second-order valence-corrected chi connectivity index (χ2v) is 3.39. The number of carboxylic acid groups (broad SMARTS) is 1. The minimum atomic E-state index is -4.60. The lowest BCUT2D eigenvalue weighted by atomic mass is 10.0. The Morgan fingerprint density at radius 1 is 1.53 bits per heavy atom. The van der Waals surface area contributed by atoms with E-state index in [2.05, 4.69) is 10.2 Å². The number of aromatic amines is 1. The Morgan fingerprint density at radius 2 is 2.20 bits per heavy atom. The fourth-order valence-corrected chi connectivity index (χ4v) is 1.85. The van der Waals surface area contributed by atoms with E-state index in [1.165, 1.54) is 0 Å². The van der Waals surface area contributed by atoms with Gasteiger partial charge in [0.25, 0.3) is 0 Å². The molecule has 0 radical (unpaired) electrons. The largest absolute Gasteiger partial charge is 0.481 e. The topological polar surface area (TPSA) is 66.0 Å². The fourth-order valence-electron chi connectivity index (χ4n) is 1.85. The number of rotatable bonds is 1. The van der Waals surface area contributed by atoms with Crippen molar-refractivity contribution in [3.63, 3.8) is 0 Å². The van der Waals surface area contributed by atoms with E-state index in [0.29, 0.717) is 6.42 Å². The summed E-state index contributed by atoms with van der Waals surface area (Å²) in [5.41, 5.74) is -1.01. The van der Waals surface area contributed by atoms with Crippen molar-refractivity contribution < 1.29 is 23.1 Å². The molecule has 1 heterocycles. The molecule has 15 heavy (non-hydrogen) atoms. The monoisotopic (exact) mass is 220 g/mol. The number of fused-ring (bicyclic) bond motifs is 1. The van der Waals surface area contributed by atoms with Gasteiger partial charge in [-0.3, -0.25) is 9.89 Å². The zero-order valence-electron chi connectivity index (χ0n) is 7.43. The first-order chi connectivity index (χ1) is 6.91. The number of alkyl halides is 3. The summed E-state index contributed by atoms with van der Waals surface area (Å²) in [7, 11) is 0. The van der Waals surface area contributed by atoms with Gasteiger partial charge in [-0.1, -0.05) is 0 Å². The number of carbonyl (C=O) groups is 1. The van der Waals surface area contributed by atoms with E-state index in [4.69, 9.17) is 5.11 Å². The average Bonchev–Trinajstić information content (AvgIpc) is 2.57. The van der Waals surface area contributed by atoms with Crippen molar-refractivity contribution in [2.75, 3.05) is 0 Å². The average molecular weight is 220 g/mol. The first-order valence-corrected chi connectivity index (χ1v) is 4.28. The van der Waals surface area contributed by atoms with E-state index in [1.807, 2.05) is 0 Å². The van der Waals surface area contributed by atoms with E-state index in [-0.39, 0.29) is 17.7 Å². The van der Waals surface area contributed by atoms with Gasteiger partial charge in [0.1, 0.15) is 0 Å². The molecule has 2 rings (SSSR count). The molecule has 0 fully saturated rings. The van der Waals surface area contributed by atoms with Gasteiger partial charge in [-0.05, 0) is 12.8 Å². The Hall–Kier alpha value is -1.53. The molecule has 7 heteroatoms. The van der Waals surface area contributed by atoms with Crippen molar-refractivity contribution in [3.05, 3.63) is 17.0 Å². The van der Waals surface area contributed by atoms with Crippen LogP contribution in [0.3, 0.4) is 0 Å². The molecule has 0 amide bonds. The number of nitrogens with zero attached hydrogens (tertiary/aromatic N) is 1. The molecule has 1 atom stereocenters. The second kappa shape index (κ2) is 2.98. The van der Waals surface area contributed by atoms with E-state index in [9.17, 15) is 18.0 Å². The Balaban J connectivity index is 2.50. The van der Waals surface area contributed by atoms with Crippen LogP contribution in [0.5, 0.6) is 0 Å². The predicted octanol–water partition coefficient (Wildman–Crippen LogP) is 1.54. The highest BCUT2D eigenvalue weighted by molar-refractivity contribution is 5.78. The molecule has 1 aromatic heterocycles. The summed E-state index contributed by atoms with van der Waals surface area (Å²) >= 11 is 0. The Morgan fingerprint density at radius 3 is 2.73 bits per heavy atom. The molecule has 0 saturated carbocycles. The molecule has 1 aliphatic carbocycles. The third kappa shape index (κ3) is 1.47. The van der Waals surface area contributed by atoms with E-state index >= 15 is 0 Å². The summed E-state index contributed by atoms with van der Waals surface area (Å²) < 4.78 is 37.3. The van der Waals surface area contributed by atoms with Crippen molar-refractivity contribution in [3.8, 4) is 0 Å². The third-order valence-electron chi connectivity index (χ3n) is 2.48. The summed E-state index contributed by atoms with van der Waals surface area (Å²) in [6.45, 7) is 0. The van der Waals surface area contributed by atoms with Crippen LogP contribution in [0.25, 0.3) is 0 Å². The maximum absolute atomic E-state index is 12.4. The van der Waals surface area contributed by atoms with Gasteiger partial charge >= 0.3 is 12.1 Å². The van der Waals surface area contributed by atoms with E-state index in [1.54, 1.807) is 0 Å². The third-order valence-corrected chi connectivity index (χ3v) is 2.48. The van der Waals surface area contributed by atoms with Crippen molar-refractivity contribution in [1.82, 2.24) is 10.2 Å². The number of nitrogens with one attached hydrogen (secondary N) is 1. The molecule has 0 aromatic carbocycles. The van der Waals surface area contributed by atoms with Crippen LogP contribution in [-0.4, -0.2) is 21.3 Å². The number of aromatic nitrogens is 2. The van der Waals surface area contributed by atoms with Crippen LogP contribution in [0.15, 0.2) is 0 Å². The van der Waals surface area contributed by atoms with Crippen LogP contribution in [0.4, 0.5) is 13.2 Å². The van der Waals surface area contributed by atoms with Crippen LogP contribution in [0.2, 0.25) is 0 Å². The molecular weight excluding hydrogens is 213 g/mol. The maximum atomic E-state index is 12.4. The van der Waals surface area contributed by atoms with Crippen molar-refractivity contribution in [1.29, 1.82) is 0 Å². The summed E-state index contributed by atoms with van der Waals surface area (Å²) in [5.74, 6) is -2.32. The lowest BCUT2D eigenvalue weighted by Crippen LogP contribution is -2.15. The summed E-state index contributed by atoms with van der Waals surface area (Å²) in [5, 5.41) is 14.1. The number of H-pyrrole nitrogens is 1. The highest BCUT2D eigenvalue weighted by Crippen LogP contribution is 2.41. The minimum Gasteiger partial charge on any atom is -0.481 e. The lowest BCUT2D eigenvalue weighted by Gasteiger charge is -2.08. The number of halogens is 3. The SMILES string of the molecule is O=C(O)C1CCc2[nH]nc(C(F)(F)F)c21. The number of carboxylic acids is 1. The zero-order chi connectivity index (χ0) is 11.2. The summed E-state index contributed by atoms with van der Waals surface area (Å²) in [6.07, 6.45) is -4.10. The van der Waals surface area contributed by atoms with Gasteiger partial charge in [0.2, 0.25) is 0 Å². The second-order valence-electron chi connectivity index (χ2n) is 3.39. The molecule has 0 aliphatic heterocycles. The van der Waals surface area contributed by atoms with Crippen LogP contribution in [-0.2, 0) is 17.4 Å². The van der Waals surface area contributed by atoms with Crippen LogP contribution in [0, 0.1) is 0 Å².